The number of piperidine rings is 1. The van der Waals surface area contributed by atoms with Crippen molar-refractivity contribution in [1.82, 2.24) is 9.29 Å². The molecule has 1 fully saturated rings. The molecule has 8 heteroatoms. The highest BCUT2D eigenvalue weighted by atomic mass is 32.2. The zero-order chi connectivity index (χ0) is 17.9. The van der Waals surface area contributed by atoms with Crippen molar-refractivity contribution in [3.63, 3.8) is 0 Å². The number of hydrogen-bond donors (Lipinski definition) is 2. The van der Waals surface area contributed by atoms with E-state index in [4.69, 9.17) is 0 Å². The van der Waals surface area contributed by atoms with Gasteiger partial charge in [0.25, 0.3) is 5.91 Å². The highest BCUT2D eigenvalue weighted by molar-refractivity contribution is 7.89. The molecule has 0 bridgehead atoms. The number of aliphatic hydroxyl groups excluding tert-OH is 1. The molecular formula is C17H19N3O4S. The van der Waals surface area contributed by atoms with Gasteiger partial charge in [-0.25, -0.2) is 13.4 Å². The number of aliphatic hydroxyl groups is 1. The summed E-state index contributed by atoms with van der Waals surface area (Å²) in [6.07, 6.45) is 2.18. The fourth-order valence-corrected chi connectivity index (χ4v) is 4.21. The van der Waals surface area contributed by atoms with Crippen molar-refractivity contribution in [3.8, 4) is 0 Å². The van der Waals surface area contributed by atoms with Crippen LogP contribution in [0.3, 0.4) is 0 Å². The van der Waals surface area contributed by atoms with Crippen LogP contribution in [0.15, 0.2) is 53.6 Å². The maximum absolute atomic E-state index is 12.6. The Labute approximate surface area is 146 Å². The fourth-order valence-electron chi connectivity index (χ4n) is 2.69. The lowest BCUT2D eigenvalue weighted by atomic mass is 10.1. The van der Waals surface area contributed by atoms with Gasteiger partial charge in [-0.15, -0.1) is 0 Å². The van der Waals surface area contributed by atoms with Crippen LogP contribution in [0.1, 0.15) is 23.2 Å². The lowest BCUT2D eigenvalue weighted by Crippen LogP contribution is -2.42. The number of pyridine rings is 1. The van der Waals surface area contributed by atoms with Crippen molar-refractivity contribution in [3.05, 3.63) is 54.2 Å². The van der Waals surface area contributed by atoms with Gasteiger partial charge >= 0.3 is 0 Å². The Kier molecular flexibility index (Phi) is 5.12. The van der Waals surface area contributed by atoms with Gasteiger partial charge in [0.05, 0.1) is 11.0 Å². The molecule has 2 heterocycles. The Bertz CT molecular complexity index is 838. The smallest absolute Gasteiger partial charge is 0.256 e. The van der Waals surface area contributed by atoms with Crippen LogP contribution in [0.25, 0.3) is 0 Å². The molecule has 0 radical (unpaired) electrons. The molecule has 3 rings (SSSR count). The van der Waals surface area contributed by atoms with Crippen LogP contribution in [0.2, 0.25) is 0 Å². The van der Waals surface area contributed by atoms with Crippen molar-refractivity contribution >= 4 is 21.7 Å². The van der Waals surface area contributed by atoms with Crippen molar-refractivity contribution in [2.24, 2.45) is 0 Å². The molecule has 1 aliphatic rings. The summed E-state index contributed by atoms with van der Waals surface area (Å²) in [6.45, 7) is 0.492. The fraction of sp³-hybridized carbons (Fsp3) is 0.294. The first-order valence-electron chi connectivity index (χ1n) is 7.97. The second-order valence-corrected chi connectivity index (χ2v) is 7.79. The van der Waals surface area contributed by atoms with E-state index in [2.05, 4.69) is 10.3 Å². The van der Waals surface area contributed by atoms with Gasteiger partial charge in [0.15, 0.2) is 0 Å². The molecule has 2 N–H and O–H groups in total. The zero-order valence-corrected chi connectivity index (χ0v) is 14.3. The number of aromatic nitrogens is 1. The molecular weight excluding hydrogens is 342 g/mol. The van der Waals surface area contributed by atoms with Crippen molar-refractivity contribution in [1.29, 1.82) is 0 Å². The largest absolute Gasteiger partial charge is 0.392 e. The van der Waals surface area contributed by atoms with Gasteiger partial charge in [-0.1, -0.05) is 6.07 Å². The molecule has 1 amide bonds. The van der Waals surface area contributed by atoms with Crippen molar-refractivity contribution in [2.45, 2.75) is 23.8 Å². The lowest BCUT2D eigenvalue weighted by Gasteiger charge is -2.29. The molecule has 1 aromatic carbocycles. The van der Waals surface area contributed by atoms with Gasteiger partial charge < -0.3 is 10.4 Å². The quantitative estimate of drug-likeness (QED) is 0.859. The van der Waals surface area contributed by atoms with Crippen LogP contribution in [-0.2, 0) is 10.0 Å². The number of rotatable bonds is 4. The standard InChI is InChI=1S/C17H19N3O4S/c21-14-4-3-11-20(12-14)25(23,24)15-8-6-13(7-9-15)17(22)19-16-5-1-2-10-18-16/h1-2,5-10,14,21H,3-4,11-12H2,(H,18,19,22)/t14-/m1/s1. The number of β-amino-alcohol motifs (C(OH)–C–C–N with tert-alkyl or cyclic N) is 1. The van der Waals surface area contributed by atoms with Crippen LogP contribution in [0, 0.1) is 0 Å². The lowest BCUT2D eigenvalue weighted by molar-refractivity contribution is 0.102. The SMILES string of the molecule is O=C(Nc1ccccn1)c1ccc(S(=O)(=O)N2CCC[C@@H](O)C2)cc1. The van der Waals surface area contributed by atoms with E-state index in [0.29, 0.717) is 30.8 Å². The summed E-state index contributed by atoms with van der Waals surface area (Å²) in [6, 6.07) is 10.9. The van der Waals surface area contributed by atoms with Crippen LogP contribution in [0.5, 0.6) is 0 Å². The molecule has 0 aliphatic carbocycles. The van der Waals surface area contributed by atoms with Crippen LogP contribution in [-0.4, -0.2) is 47.9 Å². The van der Waals surface area contributed by atoms with Gasteiger partial charge in [0.1, 0.15) is 5.82 Å². The molecule has 7 nitrogen and oxygen atoms in total. The number of carbonyl (C=O) groups is 1. The highest BCUT2D eigenvalue weighted by Crippen LogP contribution is 2.21. The summed E-state index contributed by atoms with van der Waals surface area (Å²) < 4.78 is 26.5. The van der Waals surface area contributed by atoms with Crippen LogP contribution < -0.4 is 5.32 Å². The molecule has 0 saturated carbocycles. The Hall–Kier alpha value is -2.29. The monoisotopic (exact) mass is 361 g/mol. The Morgan fingerprint density at radius 1 is 1.20 bits per heavy atom. The van der Waals surface area contributed by atoms with Gasteiger partial charge in [-0.2, -0.15) is 4.31 Å². The number of carbonyl (C=O) groups excluding carboxylic acids is 1. The molecule has 1 saturated heterocycles. The maximum atomic E-state index is 12.6. The van der Waals surface area contributed by atoms with Gasteiger partial charge in [-0.3, -0.25) is 4.79 Å². The maximum Gasteiger partial charge on any atom is 0.256 e. The van der Waals surface area contributed by atoms with Crippen LogP contribution in [0.4, 0.5) is 5.82 Å². The molecule has 25 heavy (non-hydrogen) atoms. The van der Waals surface area contributed by atoms with E-state index in [1.807, 2.05) is 0 Å². The Balaban J connectivity index is 1.74. The van der Waals surface area contributed by atoms with Crippen molar-refractivity contribution in [2.75, 3.05) is 18.4 Å². The molecule has 0 unspecified atom stereocenters. The van der Waals surface area contributed by atoms with E-state index in [-0.39, 0.29) is 17.3 Å². The Morgan fingerprint density at radius 3 is 2.60 bits per heavy atom. The molecule has 1 atom stereocenters. The topological polar surface area (TPSA) is 99.6 Å². The van der Waals surface area contributed by atoms with E-state index < -0.39 is 16.1 Å². The zero-order valence-electron chi connectivity index (χ0n) is 13.5. The summed E-state index contributed by atoms with van der Waals surface area (Å²) in [5, 5.41) is 12.3. The van der Waals surface area contributed by atoms with Gasteiger partial charge in [0, 0.05) is 24.8 Å². The summed E-state index contributed by atoms with van der Waals surface area (Å²) >= 11 is 0. The predicted molar refractivity (Wildman–Crippen MR) is 92.6 cm³/mol. The Morgan fingerprint density at radius 2 is 1.96 bits per heavy atom. The first-order chi connectivity index (χ1) is 12.0. The molecule has 1 aliphatic heterocycles. The number of anilines is 1. The van der Waals surface area contributed by atoms with Gasteiger partial charge in [-0.05, 0) is 49.2 Å². The predicted octanol–water partition coefficient (Wildman–Crippen LogP) is 1.48. The average Bonchev–Trinajstić information content (AvgIpc) is 2.62. The van der Waals surface area contributed by atoms with Crippen LogP contribution >= 0.6 is 0 Å². The second kappa shape index (κ2) is 7.30. The summed E-state index contributed by atoms with van der Waals surface area (Å²) in [7, 11) is -3.67. The molecule has 1 aromatic heterocycles. The average molecular weight is 361 g/mol. The first kappa shape index (κ1) is 17.5. The van der Waals surface area contributed by atoms with E-state index in [9.17, 15) is 18.3 Å². The minimum Gasteiger partial charge on any atom is -0.392 e. The van der Waals surface area contributed by atoms with E-state index in [0.717, 1.165) is 0 Å². The third kappa shape index (κ3) is 4.04. The van der Waals surface area contributed by atoms with Gasteiger partial charge in [0.2, 0.25) is 10.0 Å². The van der Waals surface area contributed by atoms with E-state index in [1.165, 1.54) is 28.6 Å². The first-order valence-corrected chi connectivity index (χ1v) is 9.41. The summed E-state index contributed by atoms with van der Waals surface area (Å²) in [4.78, 5) is 16.3. The third-order valence-electron chi connectivity index (χ3n) is 4.02. The van der Waals surface area contributed by atoms with E-state index in [1.54, 1.807) is 24.4 Å². The number of hydrogen-bond acceptors (Lipinski definition) is 5. The highest BCUT2D eigenvalue weighted by Gasteiger charge is 2.29. The third-order valence-corrected chi connectivity index (χ3v) is 5.90. The minimum absolute atomic E-state index is 0.101. The summed E-state index contributed by atoms with van der Waals surface area (Å²) in [5.41, 5.74) is 0.336. The number of nitrogens with one attached hydrogen (secondary N) is 1. The number of sulfonamides is 1. The van der Waals surface area contributed by atoms with E-state index >= 15 is 0 Å². The number of benzene rings is 1. The number of amides is 1. The molecule has 132 valence electrons. The normalized spacial score (nSPS) is 18.7. The number of nitrogens with zero attached hydrogens (tertiary/aromatic N) is 2. The molecule has 2 aromatic rings. The summed E-state index contributed by atoms with van der Waals surface area (Å²) in [5.74, 6) is 0.0579. The molecule has 0 spiro atoms. The van der Waals surface area contributed by atoms with Crippen molar-refractivity contribution < 1.29 is 18.3 Å². The minimum atomic E-state index is -3.67. The second-order valence-electron chi connectivity index (χ2n) is 5.85.